The highest BCUT2D eigenvalue weighted by Crippen LogP contribution is 2.12. The molecule has 1 aromatic carbocycles. The average molecular weight is 327 g/mol. The molecule has 0 N–H and O–H groups in total. The molecule has 1 rings (SSSR count). The number of hydrogen-bond acceptors (Lipinski definition) is 4. The molecule has 22 heavy (non-hydrogen) atoms. The van der Waals surface area contributed by atoms with Crippen molar-refractivity contribution < 1.29 is 17.9 Å². The molecule has 0 saturated carbocycles. The number of rotatable bonds is 8. The zero-order valence-corrected chi connectivity index (χ0v) is 14.5. The van der Waals surface area contributed by atoms with E-state index >= 15 is 0 Å². The predicted molar refractivity (Wildman–Crippen MR) is 87.6 cm³/mol. The molecule has 6 heteroatoms. The Morgan fingerprint density at radius 2 is 2.00 bits per heavy atom. The van der Waals surface area contributed by atoms with Crippen molar-refractivity contribution in [2.24, 2.45) is 5.92 Å². The van der Waals surface area contributed by atoms with Gasteiger partial charge < -0.3 is 9.64 Å². The first-order valence-corrected chi connectivity index (χ1v) is 9.34. The van der Waals surface area contributed by atoms with Gasteiger partial charge in [-0.05, 0) is 23.6 Å². The molecule has 1 aromatic rings. The van der Waals surface area contributed by atoms with Crippen LogP contribution in [-0.2, 0) is 20.3 Å². The van der Waals surface area contributed by atoms with Crippen LogP contribution in [0.1, 0.15) is 29.8 Å². The fraction of sp³-hybridized carbons (Fsp3) is 0.562. The van der Waals surface area contributed by atoms with Gasteiger partial charge in [0.25, 0.3) is 5.91 Å². The van der Waals surface area contributed by atoms with Crippen molar-refractivity contribution >= 4 is 15.7 Å². The zero-order chi connectivity index (χ0) is 16.8. The van der Waals surface area contributed by atoms with E-state index in [0.717, 1.165) is 0 Å². The summed E-state index contributed by atoms with van der Waals surface area (Å²) in [5.41, 5.74) is 1.14. The number of amides is 1. The van der Waals surface area contributed by atoms with E-state index in [1.54, 1.807) is 36.3 Å². The summed E-state index contributed by atoms with van der Waals surface area (Å²) in [5, 5.41) is 0. The highest BCUT2D eigenvalue weighted by atomic mass is 32.2. The number of nitrogens with zero attached hydrogens (tertiary/aromatic N) is 1. The molecule has 0 bridgehead atoms. The van der Waals surface area contributed by atoms with Crippen molar-refractivity contribution in [2.75, 3.05) is 33.1 Å². The van der Waals surface area contributed by atoms with Gasteiger partial charge in [0, 0.05) is 32.0 Å². The number of benzene rings is 1. The maximum atomic E-state index is 12.6. The van der Waals surface area contributed by atoms with Crippen LogP contribution < -0.4 is 0 Å². The average Bonchev–Trinajstić information content (AvgIpc) is 2.40. The van der Waals surface area contributed by atoms with Gasteiger partial charge in [-0.1, -0.05) is 26.0 Å². The van der Waals surface area contributed by atoms with Gasteiger partial charge in [-0.2, -0.15) is 0 Å². The molecule has 1 amide bonds. The molecule has 0 aliphatic rings. The minimum atomic E-state index is -3.12. The van der Waals surface area contributed by atoms with E-state index in [9.17, 15) is 13.2 Å². The quantitative estimate of drug-likeness (QED) is 0.732. The largest absolute Gasteiger partial charge is 0.383 e. The fourth-order valence-electron chi connectivity index (χ4n) is 2.20. The van der Waals surface area contributed by atoms with E-state index in [4.69, 9.17) is 4.74 Å². The lowest BCUT2D eigenvalue weighted by Gasteiger charge is -2.24. The van der Waals surface area contributed by atoms with Crippen LogP contribution in [0.15, 0.2) is 24.3 Å². The topological polar surface area (TPSA) is 63.7 Å². The summed E-state index contributed by atoms with van der Waals surface area (Å²) in [7, 11) is -1.52. The highest BCUT2D eigenvalue weighted by molar-refractivity contribution is 7.89. The summed E-state index contributed by atoms with van der Waals surface area (Å²) in [6, 6.07) is 6.81. The minimum Gasteiger partial charge on any atom is -0.383 e. The molecule has 124 valence electrons. The zero-order valence-electron chi connectivity index (χ0n) is 13.7. The Labute approximate surface area is 133 Å². The van der Waals surface area contributed by atoms with Gasteiger partial charge in [0.15, 0.2) is 9.84 Å². The molecule has 0 spiro atoms. The third-order valence-electron chi connectivity index (χ3n) is 3.04. The number of ether oxygens (including phenoxy) is 1. The van der Waals surface area contributed by atoms with Crippen molar-refractivity contribution in [1.29, 1.82) is 0 Å². The molecule has 0 radical (unpaired) electrons. The fourth-order valence-corrected chi connectivity index (χ4v) is 2.98. The van der Waals surface area contributed by atoms with Crippen LogP contribution in [0.4, 0.5) is 0 Å². The third-order valence-corrected chi connectivity index (χ3v) is 3.90. The van der Waals surface area contributed by atoms with Crippen LogP contribution in [0.25, 0.3) is 0 Å². The first-order valence-electron chi connectivity index (χ1n) is 7.28. The van der Waals surface area contributed by atoms with Crippen LogP contribution in [0.3, 0.4) is 0 Å². The number of sulfone groups is 1. The van der Waals surface area contributed by atoms with E-state index in [1.165, 1.54) is 6.26 Å². The lowest BCUT2D eigenvalue weighted by Crippen LogP contribution is -2.36. The minimum absolute atomic E-state index is 0.0592. The smallest absolute Gasteiger partial charge is 0.253 e. The van der Waals surface area contributed by atoms with Crippen molar-refractivity contribution in [1.82, 2.24) is 4.90 Å². The van der Waals surface area contributed by atoms with Gasteiger partial charge in [0.05, 0.1) is 12.4 Å². The van der Waals surface area contributed by atoms with Crippen LogP contribution in [-0.4, -0.2) is 52.3 Å². The van der Waals surface area contributed by atoms with Crippen LogP contribution in [0.2, 0.25) is 0 Å². The van der Waals surface area contributed by atoms with Crippen molar-refractivity contribution in [3.63, 3.8) is 0 Å². The molecule has 0 aliphatic carbocycles. The summed E-state index contributed by atoms with van der Waals surface area (Å²) in [4.78, 5) is 14.4. The van der Waals surface area contributed by atoms with Gasteiger partial charge >= 0.3 is 0 Å². The first-order chi connectivity index (χ1) is 10.2. The molecule has 0 aromatic heterocycles. The number of hydrogen-bond donors (Lipinski definition) is 0. The standard InChI is InChI=1S/C16H25NO4S/c1-13(2)11-17(8-9-21-3)16(18)15-7-5-6-14(10-15)12-22(4,19)20/h5-7,10,13H,8-9,11-12H2,1-4H3. The Bertz CT molecular complexity index is 596. The Balaban J connectivity index is 2.95. The summed E-state index contributed by atoms with van der Waals surface area (Å²) in [6.45, 7) is 5.73. The molecule has 0 aliphatic heterocycles. The van der Waals surface area contributed by atoms with E-state index in [2.05, 4.69) is 0 Å². The molecule has 0 unspecified atom stereocenters. The van der Waals surface area contributed by atoms with Crippen molar-refractivity contribution in [3.8, 4) is 0 Å². The first kappa shape index (κ1) is 18.6. The summed E-state index contributed by atoms with van der Waals surface area (Å²) in [6.07, 6.45) is 1.19. The second-order valence-corrected chi connectivity index (χ2v) is 8.05. The lowest BCUT2D eigenvalue weighted by molar-refractivity contribution is 0.0672. The summed E-state index contributed by atoms with van der Waals surface area (Å²) >= 11 is 0. The Morgan fingerprint density at radius 1 is 1.32 bits per heavy atom. The van der Waals surface area contributed by atoms with E-state index in [1.807, 2.05) is 13.8 Å². The van der Waals surface area contributed by atoms with Gasteiger partial charge in [0.2, 0.25) is 0 Å². The third kappa shape index (κ3) is 6.58. The van der Waals surface area contributed by atoms with E-state index < -0.39 is 9.84 Å². The van der Waals surface area contributed by atoms with Gasteiger partial charge in [-0.15, -0.1) is 0 Å². The maximum absolute atomic E-state index is 12.6. The van der Waals surface area contributed by atoms with E-state index in [0.29, 0.717) is 36.7 Å². The Kier molecular flexibility index (Phi) is 7.03. The highest BCUT2D eigenvalue weighted by Gasteiger charge is 2.17. The monoisotopic (exact) mass is 327 g/mol. The molecule has 0 heterocycles. The lowest BCUT2D eigenvalue weighted by atomic mass is 10.1. The molecule has 0 atom stereocenters. The second-order valence-electron chi connectivity index (χ2n) is 5.91. The number of carbonyl (C=O) groups is 1. The normalized spacial score (nSPS) is 11.7. The molecule has 0 saturated heterocycles. The Hall–Kier alpha value is -1.40. The van der Waals surface area contributed by atoms with Gasteiger partial charge in [-0.3, -0.25) is 4.79 Å². The predicted octanol–water partition coefficient (Wildman–Crippen LogP) is 1.98. The number of carbonyl (C=O) groups excluding carboxylic acids is 1. The Morgan fingerprint density at radius 3 is 2.55 bits per heavy atom. The van der Waals surface area contributed by atoms with Gasteiger partial charge in [-0.25, -0.2) is 8.42 Å². The summed E-state index contributed by atoms with van der Waals surface area (Å²) in [5.74, 6) is 0.192. The molecule has 5 nitrogen and oxygen atoms in total. The SMILES string of the molecule is COCCN(CC(C)C)C(=O)c1cccc(CS(C)(=O)=O)c1. The number of methoxy groups -OCH3 is 1. The second kappa shape index (κ2) is 8.29. The molecule has 0 fully saturated rings. The molecular formula is C16H25NO4S. The molecular weight excluding hydrogens is 302 g/mol. The van der Waals surface area contributed by atoms with E-state index in [-0.39, 0.29) is 11.7 Å². The maximum Gasteiger partial charge on any atom is 0.253 e. The van der Waals surface area contributed by atoms with Crippen molar-refractivity contribution in [3.05, 3.63) is 35.4 Å². The van der Waals surface area contributed by atoms with Gasteiger partial charge in [0.1, 0.15) is 0 Å². The summed E-state index contributed by atoms with van der Waals surface area (Å²) < 4.78 is 27.8. The van der Waals surface area contributed by atoms with Crippen LogP contribution in [0, 0.1) is 5.92 Å². The van der Waals surface area contributed by atoms with Crippen molar-refractivity contribution in [2.45, 2.75) is 19.6 Å². The van der Waals surface area contributed by atoms with Crippen LogP contribution in [0.5, 0.6) is 0 Å². The van der Waals surface area contributed by atoms with Crippen LogP contribution >= 0.6 is 0 Å².